The van der Waals surface area contributed by atoms with Crippen LogP contribution >= 0.6 is 11.6 Å². The second-order valence-electron chi connectivity index (χ2n) is 6.49. The molecule has 1 aliphatic rings. The standard InChI is InChI=1S/C20H20ClN3O/c21-15-6-7-19-17(12-15)18(13-22-19)14-8-10-24(11-9-14)20(25)23-16-4-2-1-3-5-16/h1-7,12-14,22H,8-11H2,(H,23,25). The van der Waals surface area contributed by atoms with Gasteiger partial charge in [0.2, 0.25) is 0 Å². The Bertz CT molecular complexity index is 882. The molecule has 25 heavy (non-hydrogen) atoms. The lowest BCUT2D eigenvalue weighted by molar-refractivity contribution is 0.195. The highest BCUT2D eigenvalue weighted by atomic mass is 35.5. The zero-order valence-electron chi connectivity index (χ0n) is 13.8. The van der Waals surface area contributed by atoms with Crippen LogP contribution < -0.4 is 5.32 Å². The minimum Gasteiger partial charge on any atom is -0.361 e. The number of benzene rings is 2. The van der Waals surface area contributed by atoms with E-state index >= 15 is 0 Å². The quantitative estimate of drug-likeness (QED) is 0.650. The van der Waals surface area contributed by atoms with Crippen molar-refractivity contribution in [2.75, 3.05) is 18.4 Å². The monoisotopic (exact) mass is 353 g/mol. The first kappa shape index (κ1) is 16.0. The van der Waals surface area contributed by atoms with E-state index < -0.39 is 0 Å². The molecule has 5 heteroatoms. The second kappa shape index (κ2) is 6.81. The highest BCUT2D eigenvalue weighted by Crippen LogP contribution is 2.34. The highest BCUT2D eigenvalue weighted by molar-refractivity contribution is 6.31. The molecule has 4 rings (SSSR count). The first-order valence-corrected chi connectivity index (χ1v) is 8.96. The number of halogens is 1. The lowest BCUT2D eigenvalue weighted by Gasteiger charge is -2.32. The van der Waals surface area contributed by atoms with Crippen molar-refractivity contribution >= 4 is 34.2 Å². The zero-order valence-corrected chi connectivity index (χ0v) is 14.6. The topological polar surface area (TPSA) is 48.1 Å². The fourth-order valence-corrected chi connectivity index (χ4v) is 3.74. The molecule has 1 fully saturated rings. The molecule has 1 saturated heterocycles. The molecular formula is C20H20ClN3O. The van der Waals surface area contributed by atoms with E-state index in [1.807, 2.05) is 53.4 Å². The summed E-state index contributed by atoms with van der Waals surface area (Å²) in [5.74, 6) is 0.452. The fraction of sp³-hybridized carbons (Fsp3) is 0.250. The van der Waals surface area contributed by atoms with Crippen LogP contribution in [0.5, 0.6) is 0 Å². The van der Waals surface area contributed by atoms with E-state index in [4.69, 9.17) is 11.6 Å². The van der Waals surface area contributed by atoms with Crippen LogP contribution in [0, 0.1) is 0 Å². The Morgan fingerprint density at radius 2 is 1.88 bits per heavy atom. The van der Waals surface area contributed by atoms with E-state index in [-0.39, 0.29) is 6.03 Å². The van der Waals surface area contributed by atoms with Crippen molar-refractivity contribution in [3.05, 3.63) is 65.3 Å². The molecule has 2 N–H and O–H groups in total. The summed E-state index contributed by atoms with van der Waals surface area (Å²) in [6, 6.07) is 15.5. The molecule has 2 amide bonds. The molecule has 0 spiro atoms. The van der Waals surface area contributed by atoms with Crippen LogP contribution in [-0.4, -0.2) is 29.0 Å². The number of hydrogen-bond donors (Lipinski definition) is 2. The molecule has 0 aliphatic carbocycles. The van der Waals surface area contributed by atoms with Crippen LogP contribution in [0.3, 0.4) is 0 Å². The number of nitrogens with zero attached hydrogens (tertiary/aromatic N) is 1. The van der Waals surface area contributed by atoms with Gasteiger partial charge in [-0.25, -0.2) is 4.79 Å². The van der Waals surface area contributed by atoms with Crippen molar-refractivity contribution in [3.63, 3.8) is 0 Å². The number of urea groups is 1. The van der Waals surface area contributed by atoms with Gasteiger partial charge in [-0.2, -0.15) is 0 Å². The van der Waals surface area contributed by atoms with Gasteiger partial charge < -0.3 is 15.2 Å². The smallest absolute Gasteiger partial charge is 0.321 e. The largest absolute Gasteiger partial charge is 0.361 e. The SMILES string of the molecule is O=C(Nc1ccccc1)N1CCC(c2c[nH]c3ccc(Cl)cc23)CC1. The number of para-hydroxylation sites is 1. The van der Waals surface area contributed by atoms with Crippen molar-refractivity contribution < 1.29 is 4.79 Å². The summed E-state index contributed by atoms with van der Waals surface area (Å²) in [5.41, 5.74) is 3.25. The van der Waals surface area contributed by atoms with Crippen molar-refractivity contribution in [1.82, 2.24) is 9.88 Å². The van der Waals surface area contributed by atoms with Crippen molar-refractivity contribution in [2.45, 2.75) is 18.8 Å². The predicted molar refractivity (Wildman–Crippen MR) is 102 cm³/mol. The van der Waals surface area contributed by atoms with Crippen LogP contribution in [-0.2, 0) is 0 Å². The molecule has 0 bridgehead atoms. The van der Waals surface area contributed by atoms with E-state index in [1.54, 1.807) is 0 Å². The Balaban J connectivity index is 1.42. The maximum absolute atomic E-state index is 12.4. The molecule has 128 valence electrons. The Morgan fingerprint density at radius 3 is 2.64 bits per heavy atom. The molecule has 1 aromatic heterocycles. The highest BCUT2D eigenvalue weighted by Gasteiger charge is 2.25. The maximum atomic E-state index is 12.4. The summed E-state index contributed by atoms with van der Waals surface area (Å²) in [6.45, 7) is 1.52. The molecular weight excluding hydrogens is 334 g/mol. The van der Waals surface area contributed by atoms with Crippen LogP contribution in [0.4, 0.5) is 10.5 Å². The molecule has 3 aromatic rings. The number of likely N-dealkylation sites (tertiary alicyclic amines) is 1. The molecule has 0 saturated carbocycles. The van der Waals surface area contributed by atoms with Gasteiger partial charge in [0.1, 0.15) is 0 Å². The lowest BCUT2D eigenvalue weighted by Crippen LogP contribution is -2.40. The number of carbonyl (C=O) groups is 1. The van der Waals surface area contributed by atoms with Gasteiger partial charge in [0.15, 0.2) is 0 Å². The van der Waals surface area contributed by atoms with E-state index in [0.29, 0.717) is 5.92 Å². The number of nitrogens with one attached hydrogen (secondary N) is 2. The minimum atomic E-state index is -0.0216. The maximum Gasteiger partial charge on any atom is 0.321 e. The Hall–Kier alpha value is -2.46. The molecule has 1 aliphatic heterocycles. The van der Waals surface area contributed by atoms with Gasteiger partial charge >= 0.3 is 6.03 Å². The van der Waals surface area contributed by atoms with Gasteiger partial charge in [-0.05, 0) is 54.7 Å². The van der Waals surface area contributed by atoms with Gasteiger partial charge in [-0.15, -0.1) is 0 Å². The summed E-state index contributed by atoms with van der Waals surface area (Å²) in [4.78, 5) is 17.6. The molecule has 0 unspecified atom stereocenters. The summed E-state index contributed by atoms with van der Waals surface area (Å²) in [7, 11) is 0. The van der Waals surface area contributed by atoms with Crippen molar-refractivity contribution in [2.24, 2.45) is 0 Å². The number of carbonyl (C=O) groups excluding carboxylic acids is 1. The number of H-pyrrole nitrogens is 1. The third kappa shape index (κ3) is 3.35. The van der Waals surface area contributed by atoms with Gasteiger partial charge in [-0.1, -0.05) is 29.8 Å². The van der Waals surface area contributed by atoms with Crippen molar-refractivity contribution in [3.8, 4) is 0 Å². The van der Waals surface area contributed by atoms with Crippen LogP contribution in [0.25, 0.3) is 10.9 Å². The molecule has 0 atom stereocenters. The number of hydrogen-bond acceptors (Lipinski definition) is 1. The van der Waals surface area contributed by atoms with Crippen LogP contribution in [0.2, 0.25) is 5.02 Å². The summed E-state index contributed by atoms with van der Waals surface area (Å²) in [5, 5.41) is 4.91. The number of piperidine rings is 1. The fourth-order valence-electron chi connectivity index (χ4n) is 3.57. The number of fused-ring (bicyclic) bond motifs is 1. The van der Waals surface area contributed by atoms with E-state index in [2.05, 4.69) is 16.5 Å². The molecule has 0 radical (unpaired) electrons. The first-order chi connectivity index (χ1) is 12.2. The third-order valence-electron chi connectivity index (χ3n) is 4.92. The summed E-state index contributed by atoms with van der Waals surface area (Å²) >= 11 is 6.15. The van der Waals surface area contributed by atoms with Crippen molar-refractivity contribution in [1.29, 1.82) is 0 Å². The number of amides is 2. The van der Waals surface area contributed by atoms with Gasteiger partial charge in [0.05, 0.1) is 0 Å². The normalized spacial score (nSPS) is 15.5. The van der Waals surface area contributed by atoms with E-state index in [0.717, 1.165) is 42.2 Å². The number of rotatable bonds is 2. The number of aromatic nitrogens is 1. The third-order valence-corrected chi connectivity index (χ3v) is 5.16. The van der Waals surface area contributed by atoms with Gasteiger partial charge in [-0.3, -0.25) is 0 Å². The Morgan fingerprint density at radius 1 is 1.12 bits per heavy atom. The molecule has 4 nitrogen and oxygen atoms in total. The number of aromatic amines is 1. The summed E-state index contributed by atoms with van der Waals surface area (Å²) in [6.07, 6.45) is 4.01. The Labute approximate surface area is 151 Å². The number of anilines is 1. The molecule has 2 aromatic carbocycles. The minimum absolute atomic E-state index is 0.0216. The average Bonchev–Trinajstić information content (AvgIpc) is 3.05. The summed E-state index contributed by atoms with van der Waals surface area (Å²) < 4.78 is 0. The van der Waals surface area contributed by atoms with Gasteiger partial charge in [0, 0.05) is 40.9 Å². The van der Waals surface area contributed by atoms with Crippen LogP contribution in [0.15, 0.2) is 54.7 Å². The average molecular weight is 354 g/mol. The van der Waals surface area contributed by atoms with E-state index in [9.17, 15) is 4.79 Å². The zero-order chi connectivity index (χ0) is 17.2. The molecule has 2 heterocycles. The second-order valence-corrected chi connectivity index (χ2v) is 6.93. The lowest BCUT2D eigenvalue weighted by atomic mass is 9.89. The Kier molecular flexibility index (Phi) is 4.36. The van der Waals surface area contributed by atoms with Crippen LogP contribution in [0.1, 0.15) is 24.3 Å². The predicted octanol–water partition coefficient (Wildman–Crippen LogP) is 5.23. The first-order valence-electron chi connectivity index (χ1n) is 8.58. The van der Waals surface area contributed by atoms with Gasteiger partial charge in [0.25, 0.3) is 0 Å². The van der Waals surface area contributed by atoms with E-state index in [1.165, 1.54) is 10.9 Å².